The van der Waals surface area contributed by atoms with Gasteiger partial charge in [0.15, 0.2) is 20.7 Å². The molecule has 0 atom stereocenters. The Kier molecular flexibility index (Phi) is 3.94. The highest BCUT2D eigenvalue weighted by molar-refractivity contribution is 7.90. The van der Waals surface area contributed by atoms with Crippen molar-refractivity contribution in [1.29, 1.82) is 0 Å². The minimum Gasteiger partial charge on any atom is -0.247 e. The van der Waals surface area contributed by atoms with Crippen LogP contribution in [0.4, 0.5) is 13.2 Å². The maximum atomic E-state index is 12.5. The van der Waals surface area contributed by atoms with Crippen molar-refractivity contribution < 1.29 is 21.6 Å². The number of sulfone groups is 1. The largest absolute Gasteiger partial charge is 0.436 e. The van der Waals surface area contributed by atoms with Crippen molar-refractivity contribution in [3.8, 4) is 11.3 Å². The third kappa shape index (κ3) is 3.51. The fraction of sp³-hybridized carbons (Fsp3) is 0.167. The Hall–Kier alpha value is -1.67. The number of halogens is 4. The molecule has 0 radical (unpaired) electrons. The zero-order chi connectivity index (χ0) is 15.8. The molecule has 21 heavy (non-hydrogen) atoms. The van der Waals surface area contributed by atoms with E-state index in [9.17, 15) is 21.6 Å². The van der Waals surface area contributed by atoms with Gasteiger partial charge in [0, 0.05) is 11.8 Å². The van der Waals surface area contributed by atoms with Gasteiger partial charge in [0.25, 0.3) is 0 Å². The van der Waals surface area contributed by atoms with Crippen LogP contribution in [-0.4, -0.2) is 24.6 Å². The predicted molar refractivity (Wildman–Crippen MR) is 70.6 cm³/mol. The van der Waals surface area contributed by atoms with Crippen molar-refractivity contribution in [1.82, 2.24) is 9.97 Å². The Balaban J connectivity index is 2.42. The molecule has 0 unspecified atom stereocenters. The molecule has 4 nitrogen and oxygen atoms in total. The van der Waals surface area contributed by atoms with E-state index in [2.05, 4.69) is 9.97 Å². The standard InChI is InChI=1S/C12H8ClF3N2O2S/c1-21(19,20)8-4-2-7(3-5-8)9-6-17-10(11(13)18-9)12(14,15)16/h2-6H,1H3. The monoisotopic (exact) mass is 336 g/mol. The summed E-state index contributed by atoms with van der Waals surface area (Å²) in [6, 6.07) is 5.50. The number of hydrogen-bond acceptors (Lipinski definition) is 4. The fourth-order valence-electron chi connectivity index (χ4n) is 1.57. The van der Waals surface area contributed by atoms with Crippen LogP contribution in [-0.2, 0) is 16.0 Å². The van der Waals surface area contributed by atoms with Crippen LogP contribution in [0.2, 0.25) is 5.15 Å². The number of aromatic nitrogens is 2. The summed E-state index contributed by atoms with van der Waals surface area (Å²) in [5.74, 6) is 0. The molecule has 1 heterocycles. The van der Waals surface area contributed by atoms with Crippen molar-refractivity contribution in [2.24, 2.45) is 0 Å². The third-order valence-electron chi connectivity index (χ3n) is 2.58. The van der Waals surface area contributed by atoms with Gasteiger partial charge in [0.2, 0.25) is 0 Å². The van der Waals surface area contributed by atoms with E-state index in [1.54, 1.807) is 0 Å². The number of alkyl halides is 3. The predicted octanol–water partition coefficient (Wildman–Crippen LogP) is 3.22. The molecule has 0 fully saturated rings. The van der Waals surface area contributed by atoms with Crippen LogP contribution in [0.3, 0.4) is 0 Å². The summed E-state index contributed by atoms with van der Waals surface area (Å²) in [6.07, 6.45) is -2.69. The van der Waals surface area contributed by atoms with Gasteiger partial charge in [0.1, 0.15) is 0 Å². The lowest BCUT2D eigenvalue weighted by Gasteiger charge is -2.08. The Morgan fingerprint density at radius 3 is 2.14 bits per heavy atom. The summed E-state index contributed by atoms with van der Waals surface area (Å²) in [5.41, 5.74) is -0.737. The first-order valence-corrected chi connectivity index (χ1v) is 7.76. The minimum absolute atomic E-state index is 0.0946. The van der Waals surface area contributed by atoms with Gasteiger partial charge in [-0.3, -0.25) is 0 Å². The lowest BCUT2D eigenvalue weighted by Crippen LogP contribution is -2.10. The molecule has 0 saturated heterocycles. The summed E-state index contributed by atoms with van der Waals surface area (Å²) in [7, 11) is -3.35. The van der Waals surface area contributed by atoms with Gasteiger partial charge in [-0.05, 0) is 12.1 Å². The second-order valence-corrected chi connectivity index (χ2v) is 6.56. The maximum absolute atomic E-state index is 12.5. The van der Waals surface area contributed by atoms with Crippen LogP contribution < -0.4 is 0 Å². The van der Waals surface area contributed by atoms with E-state index in [0.717, 1.165) is 12.5 Å². The van der Waals surface area contributed by atoms with Crippen LogP contribution in [0.25, 0.3) is 11.3 Å². The van der Waals surface area contributed by atoms with Crippen molar-refractivity contribution in [3.05, 3.63) is 41.3 Å². The van der Waals surface area contributed by atoms with E-state index in [4.69, 9.17) is 11.6 Å². The normalized spacial score (nSPS) is 12.4. The van der Waals surface area contributed by atoms with E-state index < -0.39 is 26.9 Å². The molecule has 112 valence electrons. The first-order chi connectivity index (χ1) is 9.59. The molecule has 0 spiro atoms. The quantitative estimate of drug-likeness (QED) is 0.845. The number of rotatable bonds is 2. The minimum atomic E-state index is -4.68. The molecular weight excluding hydrogens is 329 g/mol. The first kappa shape index (κ1) is 15.7. The van der Waals surface area contributed by atoms with E-state index in [-0.39, 0.29) is 10.6 Å². The van der Waals surface area contributed by atoms with Gasteiger partial charge in [-0.25, -0.2) is 18.4 Å². The molecule has 0 aliphatic carbocycles. The summed E-state index contributed by atoms with van der Waals surface area (Å²) in [4.78, 5) is 6.99. The van der Waals surface area contributed by atoms with Crippen molar-refractivity contribution >= 4 is 21.4 Å². The molecule has 1 aromatic carbocycles. The number of nitrogens with zero attached hydrogens (tertiary/aromatic N) is 2. The van der Waals surface area contributed by atoms with Crippen LogP contribution in [0.1, 0.15) is 5.69 Å². The smallest absolute Gasteiger partial charge is 0.247 e. The Morgan fingerprint density at radius 1 is 1.14 bits per heavy atom. The summed E-state index contributed by atoms with van der Waals surface area (Å²) in [5, 5.41) is -0.757. The van der Waals surface area contributed by atoms with Crippen LogP contribution in [0.15, 0.2) is 35.4 Å². The molecule has 0 aliphatic heterocycles. The lowest BCUT2D eigenvalue weighted by atomic mass is 10.2. The lowest BCUT2D eigenvalue weighted by molar-refractivity contribution is -0.141. The molecular formula is C12H8ClF3N2O2S. The topological polar surface area (TPSA) is 59.9 Å². The molecule has 9 heteroatoms. The molecule has 1 aromatic heterocycles. The summed E-state index contributed by atoms with van der Waals surface area (Å²) >= 11 is 5.48. The second-order valence-electron chi connectivity index (χ2n) is 4.19. The van der Waals surface area contributed by atoms with Gasteiger partial charge < -0.3 is 0 Å². The molecule has 0 aliphatic rings. The highest BCUT2D eigenvalue weighted by atomic mass is 35.5. The number of hydrogen-bond donors (Lipinski definition) is 0. The second kappa shape index (κ2) is 5.27. The fourth-order valence-corrected chi connectivity index (χ4v) is 2.45. The van der Waals surface area contributed by atoms with Crippen LogP contribution in [0, 0.1) is 0 Å². The Labute approximate surface area is 123 Å². The Bertz CT molecular complexity index is 774. The SMILES string of the molecule is CS(=O)(=O)c1ccc(-c2cnc(C(F)(F)F)c(Cl)n2)cc1. The van der Waals surface area contributed by atoms with E-state index in [1.807, 2.05) is 0 Å². The first-order valence-electron chi connectivity index (χ1n) is 5.49. The van der Waals surface area contributed by atoms with Gasteiger partial charge in [-0.1, -0.05) is 23.7 Å². The van der Waals surface area contributed by atoms with Crippen molar-refractivity contribution in [2.45, 2.75) is 11.1 Å². The molecule has 0 bridgehead atoms. The van der Waals surface area contributed by atoms with Gasteiger partial charge in [-0.15, -0.1) is 0 Å². The van der Waals surface area contributed by atoms with E-state index >= 15 is 0 Å². The van der Waals surface area contributed by atoms with Crippen molar-refractivity contribution in [3.63, 3.8) is 0 Å². The van der Waals surface area contributed by atoms with Crippen molar-refractivity contribution in [2.75, 3.05) is 6.26 Å². The highest BCUT2D eigenvalue weighted by Crippen LogP contribution is 2.33. The summed E-state index contributed by atoms with van der Waals surface area (Å²) in [6.45, 7) is 0. The van der Waals surface area contributed by atoms with Crippen LogP contribution in [0.5, 0.6) is 0 Å². The molecule has 2 rings (SSSR count). The van der Waals surface area contributed by atoms with Gasteiger partial charge in [-0.2, -0.15) is 13.2 Å². The average Bonchev–Trinajstić information content (AvgIpc) is 2.36. The third-order valence-corrected chi connectivity index (χ3v) is 3.97. The highest BCUT2D eigenvalue weighted by Gasteiger charge is 2.36. The summed E-state index contributed by atoms with van der Waals surface area (Å²) < 4.78 is 60.2. The van der Waals surface area contributed by atoms with E-state index in [1.165, 1.54) is 24.3 Å². The van der Waals surface area contributed by atoms with Gasteiger partial charge in [0.05, 0.1) is 16.8 Å². The molecule has 0 saturated carbocycles. The molecule has 0 amide bonds. The average molecular weight is 337 g/mol. The van der Waals surface area contributed by atoms with E-state index in [0.29, 0.717) is 5.56 Å². The van der Waals surface area contributed by atoms with Crippen LogP contribution >= 0.6 is 11.6 Å². The van der Waals surface area contributed by atoms with Gasteiger partial charge >= 0.3 is 6.18 Å². The molecule has 0 N–H and O–H groups in total. The number of benzene rings is 1. The zero-order valence-corrected chi connectivity index (χ0v) is 12.1. The Morgan fingerprint density at radius 2 is 1.71 bits per heavy atom. The maximum Gasteiger partial charge on any atom is 0.436 e. The molecule has 2 aromatic rings. The zero-order valence-electron chi connectivity index (χ0n) is 10.5.